The van der Waals surface area contributed by atoms with E-state index < -0.39 is 0 Å². The maximum atomic E-state index is 13.0. The zero-order chi connectivity index (χ0) is 22.4. The predicted molar refractivity (Wildman–Crippen MR) is 127 cm³/mol. The topological polar surface area (TPSA) is 58.9 Å². The highest BCUT2D eigenvalue weighted by Crippen LogP contribution is 2.31. The molecule has 1 N–H and O–H groups in total. The van der Waals surface area contributed by atoms with Gasteiger partial charge in [0.15, 0.2) is 5.78 Å². The molecule has 2 aromatic rings. The van der Waals surface area contributed by atoms with E-state index in [-0.39, 0.29) is 11.5 Å². The van der Waals surface area contributed by atoms with Crippen LogP contribution in [0.3, 0.4) is 0 Å². The van der Waals surface area contributed by atoms with E-state index in [1.807, 2.05) is 12.1 Å². The lowest BCUT2D eigenvalue weighted by molar-refractivity contribution is 0.0980. The first kappa shape index (κ1) is 23.1. The van der Waals surface area contributed by atoms with Crippen molar-refractivity contribution in [2.75, 3.05) is 6.61 Å². The van der Waals surface area contributed by atoms with E-state index in [9.17, 15) is 9.90 Å². The molecule has 31 heavy (non-hydrogen) atoms. The number of aryl methyl sites for hydroxylation is 2. The number of Topliss-reactive ketones (excluding diaryl/α,β-unsaturated/α-hetero) is 1. The van der Waals surface area contributed by atoms with Gasteiger partial charge in [-0.05, 0) is 79.0 Å². The molecule has 1 aliphatic heterocycles. The Hall–Kier alpha value is -2.62. The van der Waals surface area contributed by atoms with Crippen LogP contribution in [0.2, 0.25) is 0 Å². The van der Waals surface area contributed by atoms with Gasteiger partial charge in [-0.15, -0.1) is 0 Å². The van der Waals surface area contributed by atoms with E-state index >= 15 is 0 Å². The highest BCUT2D eigenvalue weighted by atomic mass is 16.5. The fraction of sp³-hybridized carbons (Fsp3) is 0.481. The Labute approximate surface area is 186 Å². The molecule has 1 heterocycles. The van der Waals surface area contributed by atoms with Crippen molar-refractivity contribution < 1.29 is 14.6 Å². The molecule has 166 valence electrons. The number of hydrogen-bond donors (Lipinski definition) is 1. The summed E-state index contributed by atoms with van der Waals surface area (Å²) in [6, 6.07) is 9.74. The van der Waals surface area contributed by atoms with Gasteiger partial charge in [-0.25, -0.2) is 0 Å². The summed E-state index contributed by atoms with van der Waals surface area (Å²) in [5, 5.41) is 10.5. The summed E-state index contributed by atoms with van der Waals surface area (Å²) >= 11 is 0. The molecule has 0 saturated heterocycles. The second-order valence-corrected chi connectivity index (χ2v) is 8.78. The van der Waals surface area contributed by atoms with Crippen molar-refractivity contribution in [1.82, 2.24) is 0 Å². The zero-order valence-electron chi connectivity index (χ0n) is 19.3. The number of benzene rings is 2. The number of phenolic OH excluding ortho intramolecular Hbond substituents is 1. The fourth-order valence-electron chi connectivity index (χ4n) is 4.03. The number of ketones is 1. The molecule has 3 rings (SSSR count). The molecule has 0 fully saturated rings. The minimum Gasteiger partial charge on any atom is -0.507 e. The first-order valence-electron chi connectivity index (χ1n) is 11.6. The van der Waals surface area contributed by atoms with Crippen LogP contribution in [0.5, 0.6) is 11.5 Å². The van der Waals surface area contributed by atoms with Crippen LogP contribution in [-0.4, -0.2) is 23.2 Å². The molecule has 0 bridgehead atoms. The molecule has 4 nitrogen and oxygen atoms in total. The van der Waals surface area contributed by atoms with Crippen LogP contribution < -0.4 is 4.74 Å². The maximum Gasteiger partial charge on any atom is 0.166 e. The number of aliphatic imine (C=N–C) groups is 1. The normalized spacial score (nSPS) is 12.7. The van der Waals surface area contributed by atoms with Gasteiger partial charge in [-0.3, -0.25) is 9.79 Å². The number of nitrogens with zero attached hydrogens (tertiary/aromatic N) is 1. The Morgan fingerprint density at radius 2 is 1.94 bits per heavy atom. The third-order valence-corrected chi connectivity index (χ3v) is 5.88. The van der Waals surface area contributed by atoms with Crippen LogP contribution in [0.4, 0.5) is 0 Å². The van der Waals surface area contributed by atoms with Crippen molar-refractivity contribution in [2.24, 2.45) is 10.9 Å². The van der Waals surface area contributed by atoms with Gasteiger partial charge < -0.3 is 9.84 Å². The van der Waals surface area contributed by atoms with E-state index in [1.165, 1.54) is 5.56 Å². The number of fused-ring (bicyclic) bond motifs is 1. The van der Waals surface area contributed by atoms with E-state index in [1.54, 1.807) is 6.07 Å². The molecule has 0 unspecified atom stereocenters. The lowest BCUT2D eigenvalue weighted by atomic mass is 9.93. The monoisotopic (exact) mass is 421 g/mol. The fourth-order valence-corrected chi connectivity index (χ4v) is 4.03. The second-order valence-electron chi connectivity index (χ2n) is 8.78. The molecule has 1 aliphatic rings. The number of aromatic hydroxyl groups is 1. The van der Waals surface area contributed by atoms with Crippen LogP contribution in [0.15, 0.2) is 35.3 Å². The number of phenols is 1. The Morgan fingerprint density at radius 3 is 2.65 bits per heavy atom. The van der Waals surface area contributed by atoms with E-state index in [0.29, 0.717) is 37.5 Å². The van der Waals surface area contributed by atoms with Crippen molar-refractivity contribution in [2.45, 2.75) is 72.8 Å². The number of hydrogen-bond acceptors (Lipinski definition) is 4. The third kappa shape index (κ3) is 5.75. The van der Waals surface area contributed by atoms with Crippen molar-refractivity contribution in [3.05, 3.63) is 58.1 Å². The smallest absolute Gasteiger partial charge is 0.166 e. The van der Waals surface area contributed by atoms with Crippen molar-refractivity contribution >= 4 is 11.5 Å². The SMILES string of the molecule is CCCOc1ccc(CC)c(CCC(=O)c2cc3c(cc2O)CN=C3CCC(C)C)c1. The van der Waals surface area contributed by atoms with E-state index in [4.69, 9.17) is 4.74 Å². The summed E-state index contributed by atoms with van der Waals surface area (Å²) in [5.41, 5.74) is 5.90. The third-order valence-electron chi connectivity index (χ3n) is 5.88. The molecule has 0 spiro atoms. The summed E-state index contributed by atoms with van der Waals surface area (Å²) in [5.74, 6) is 1.50. The number of carbonyl (C=O) groups is 1. The summed E-state index contributed by atoms with van der Waals surface area (Å²) in [4.78, 5) is 17.7. The van der Waals surface area contributed by atoms with Crippen molar-refractivity contribution in [1.29, 1.82) is 0 Å². The van der Waals surface area contributed by atoms with Gasteiger partial charge >= 0.3 is 0 Å². The summed E-state index contributed by atoms with van der Waals surface area (Å²) < 4.78 is 5.77. The van der Waals surface area contributed by atoms with Crippen molar-refractivity contribution in [3.8, 4) is 11.5 Å². The zero-order valence-corrected chi connectivity index (χ0v) is 19.3. The van der Waals surface area contributed by atoms with Gasteiger partial charge in [0.2, 0.25) is 0 Å². The maximum absolute atomic E-state index is 13.0. The summed E-state index contributed by atoms with van der Waals surface area (Å²) in [7, 11) is 0. The van der Waals surface area contributed by atoms with Gasteiger partial charge in [-0.2, -0.15) is 0 Å². The number of rotatable bonds is 11. The van der Waals surface area contributed by atoms with Gasteiger partial charge in [0.05, 0.1) is 18.7 Å². The van der Waals surface area contributed by atoms with Crippen molar-refractivity contribution in [3.63, 3.8) is 0 Å². The molecule has 0 amide bonds. The Morgan fingerprint density at radius 1 is 1.13 bits per heavy atom. The Balaban J connectivity index is 1.74. The average Bonchev–Trinajstić information content (AvgIpc) is 3.15. The standard InChI is InChI=1S/C27H35NO3/c1-5-13-31-22-10-8-19(6-2)20(14-22)9-12-26(29)24-16-23-21(15-27(24)30)17-28-25(23)11-7-18(3)4/h8,10,14-16,18,30H,5-7,9,11-13,17H2,1-4H3. The second kappa shape index (κ2) is 10.6. The largest absolute Gasteiger partial charge is 0.507 e. The molecule has 0 aromatic heterocycles. The quantitative estimate of drug-likeness (QED) is 0.433. The molecule has 0 saturated carbocycles. The molecule has 0 aliphatic carbocycles. The first-order valence-corrected chi connectivity index (χ1v) is 11.6. The number of ether oxygens (including phenoxy) is 1. The van der Waals surface area contributed by atoms with Crippen LogP contribution in [0.1, 0.15) is 86.0 Å². The van der Waals surface area contributed by atoms with Crippen LogP contribution in [0.25, 0.3) is 0 Å². The highest BCUT2D eigenvalue weighted by molar-refractivity contribution is 6.07. The minimum absolute atomic E-state index is 0.0302. The molecule has 0 radical (unpaired) electrons. The van der Waals surface area contributed by atoms with Gasteiger partial charge in [0.25, 0.3) is 0 Å². The molecule has 2 aromatic carbocycles. The first-order chi connectivity index (χ1) is 14.9. The van der Waals surface area contributed by atoms with Crippen LogP contribution in [-0.2, 0) is 19.4 Å². The van der Waals surface area contributed by atoms with Crippen LogP contribution >= 0.6 is 0 Å². The highest BCUT2D eigenvalue weighted by Gasteiger charge is 2.21. The molecular weight excluding hydrogens is 386 g/mol. The Kier molecular flexibility index (Phi) is 7.89. The van der Waals surface area contributed by atoms with Crippen LogP contribution in [0, 0.1) is 5.92 Å². The molecular formula is C27H35NO3. The molecule has 4 heteroatoms. The summed E-state index contributed by atoms with van der Waals surface area (Å²) in [6.07, 6.45) is 4.85. The average molecular weight is 422 g/mol. The minimum atomic E-state index is -0.0302. The molecule has 0 atom stereocenters. The Bertz CT molecular complexity index is 959. The lowest BCUT2D eigenvalue weighted by Crippen LogP contribution is -2.07. The van der Waals surface area contributed by atoms with Gasteiger partial charge in [0, 0.05) is 17.7 Å². The summed E-state index contributed by atoms with van der Waals surface area (Å²) in [6.45, 7) is 9.90. The number of carbonyl (C=O) groups excluding carboxylic acids is 1. The van der Waals surface area contributed by atoms with E-state index in [0.717, 1.165) is 53.8 Å². The van der Waals surface area contributed by atoms with Gasteiger partial charge in [0.1, 0.15) is 11.5 Å². The van der Waals surface area contributed by atoms with E-state index in [2.05, 4.69) is 44.8 Å². The lowest BCUT2D eigenvalue weighted by Gasteiger charge is -2.13. The van der Waals surface area contributed by atoms with Gasteiger partial charge in [-0.1, -0.05) is 33.8 Å². The predicted octanol–water partition coefficient (Wildman–Crippen LogP) is 6.30.